The van der Waals surface area contributed by atoms with Gasteiger partial charge in [0.25, 0.3) is 0 Å². The average molecular weight is 300 g/mol. The van der Waals surface area contributed by atoms with Crippen molar-refractivity contribution in [3.8, 4) is 0 Å². The van der Waals surface area contributed by atoms with Gasteiger partial charge in [0.15, 0.2) is 0 Å². The molecular weight excluding hydrogens is 274 g/mol. The Hall–Kier alpha value is -0.653. The first-order valence-electron chi connectivity index (χ1n) is 6.66. The normalized spacial score (nSPS) is 14.4. The summed E-state index contributed by atoms with van der Waals surface area (Å²) in [6, 6.07) is 8.07. The van der Waals surface area contributed by atoms with E-state index < -0.39 is 18.1 Å². The first kappa shape index (κ1) is 16.4. The summed E-state index contributed by atoms with van der Waals surface area (Å²) >= 11 is 0. The summed E-state index contributed by atoms with van der Waals surface area (Å²) in [7, 11) is -4.50. The molecule has 3 nitrogen and oxygen atoms in total. The van der Waals surface area contributed by atoms with E-state index in [1.54, 1.807) is 12.1 Å². The fraction of sp³-hybridized carbons (Fsp3) is 0.571. The van der Waals surface area contributed by atoms with E-state index in [-0.39, 0.29) is 0 Å². The SMILES string of the molecule is Cc1ccc(S(=O)(=O)NCC(C)C[Si](C)(C)C)cc1. The molecule has 1 rings (SSSR count). The van der Waals surface area contributed by atoms with Crippen molar-refractivity contribution in [2.45, 2.75) is 44.4 Å². The third kappa shape index (κ3) is 5.89. The Morgan fingerprint density at radius 1 is 1.16 bits per heavy atom. The van der Waals surface area contributed by atoms with E-state index in [1.807, 2.05) is 19.1 Å². The van der Waals surface area contributed by atoms with Gasteiger partial charge in [0, 0.05) is 14.6 Å². The molecule has 1 aromatic rings. The van der Waals surface area contributed by atoms with Crippen LogP contribution in [0, 0.1) is 12.8 Å². The summed E-state index contributed by atoms with van der Waals surface area (Å²) in [5, 5.41) is 0. The van der Waals surface area contributed by atoms with Crippen molar-refractivity contribution in [1.82, 2.24) is 4.72 Å². The molecule has 1 aromatic carbocycles. The van der Waals surface area contributed by atoms with Crippen LogP contribution in [-0.4, -0.2) is 23.0 Å². The molecule has 0 heterocycles. The van der Waals surface area contributed by atoms with Crippen LogP contribution in [0.3, 0.4) is 0 Å². The zero-order valence-electron chi connectivity index (χ0n) is 12.5. The highest BCUT2D eigenvalue weighted by atomic mass is 32.2. The summed E-state index contributed by atoms with van der Waals surface area (Å²) in [6.07, 6.45) is 0. The van der Waals surface area contributed by atoms with Crippen LogP contribution in [0.4, 0.5) is 0 Å². The summed E-state index contributed by atoms with van der Waals surface area (Å²) in [6.45, 7) is 11.5. The Morgan fingerprint density at radius 2 is 1.68 bits per heavy atom. The maximum absolute atomic E-state index is 12.1. The monoisotopic (exact) mass is 299 g/mol. The maximum Gasteiger partial charge on any atom is 0.240 e. The van der Waals surface area contributed by atoms with E-state index in [0.29, 0.717) is 17.4 Å². The molecule has 0 aromatic heterocycles. The van der Waals surface area contributed by atoms with Gasteiger partial charge in [-0.3, -0.25) is 0 Å². The smallest absolute Gasteiger partial charge is 0.211 e. The Balaban J connectivity index is 2.63. The van der Waals surface area contributed by atoms with E-state index in [4.69, 9.17) is 0 Å². The van der Waals surface area contributed by atoms with Crippen LogP contribution in [0.1, 0.15) is 12.5 Å². The van der Waals surface area contributed by atoms with E-state index in [1.165, 1.54) is 0 Å². The third-order valence-electron chi connectivity index (χ3n) is 2.91. The predicted molar refractivity (Wildman–Crippen MR) is 83.7 cm³/mol. The number of rotatable bonds is 6. The highest BCUT2D eigenvalue weighted by Crippen LogP contribution is 2.17. The maximum atomic E-state index is 12.1. The van der Waals surface area contributed by atoms with Gasteiger partial charge in [0.2, 0.25) is 10.0 Å². The molecule has 0 aliphatic heterocycles. The predicted octanol–water partition coefficient (Wildman–Crippen LogP) is 3.25. The molecule has 0 fully saturated rings. The molecule has 1 atom stereocenters. The topological polar surface area (TPSA) is 46.2 Å². The van der Waals surface area contributed by atoms with Gasteiger partial charge in [0.1, 0.15) is 0 Å². The molecule has 1 unspecified atom stereocenters. The highest BCUT2D eigenvalue weighted by Gasteiger charge is 2.20. The van der Waals surface area contributed by atoms with Gasteiger partial charge in [-0.05, 0) is 25.0 Å². The Bertz CT molecular complexity index is 503. The molecule has 0 saturated heterocycles. The van der Waals surface area contributed by atoms with Gasteiger partial charge in [-0.1, -0.05) is 50.3 Å². The zero-order valence-corrected chi connectivity index (χ0v) is 14.3. The second-order valence-corrected chi connectivity index (χ2v) is 13.8. The number of sulfonamides is 1. The molecule has 0 radical (unpaired) electrons. The largest absolute Gasteiger partial charge is 0.240 e. The number of benzene rings is 1. The molecule has 0 bridgehead atoms. The van der Waals surface area contributed by atoms with Crippen molar-refractivity contribution < 1.29 is 8.42 Å². The lowest BCUT2D eigenvalue weighted by molar-refractivity contribution is 0.558. The lowest BCUT2D eigenvalue weighted by atomic mass is 10.2. The molecule has 0 spiro atoms. The minimum Gasteiger partial charge on any atom is -0.211 e. The van der Waals surface area contributed by atoms with Crippen LogP contribution in [0.25, 0.3) is 0 Å². The fourth-order valence-corrected chi connectivity index (χ4v) is 5.57. The number of hydrogen-bond acceptors (Lipinski definition) is 2. The van der Waals surface area contributed by atoms with Crippen molar-refractivity contribution in [2.24, 2.45) is 5.92 Å². The van der Waals surface area contributed by atoms with Crippen LogP contribution >= 0.6 is 0 Å². The Labute approximate surface area is 118 Å². The second-order valence-electron chi connectivity index (χ2n) is 6.53. The second kappa shape index (κ2) is 6.20. The molecule has 0 amide bonds. The fourth-order valence-electron chi connectivity index (χ4n) is 2.17. The van der Waals surface area contributed by atoms with Crippen LogP contribution in [0.5, 0.6) is 0 Å². The van der Waals surface area contributed by atoms with Gasteiger partial charge in [-0.15, -0.1) is 0 Å². The van der Waals surface area contributed by atoms with Crippen molar-refractivity contribution in [1.29, 1.82) is 0 Å². The minimum atomic E-state index is -3.36. The standard InChI is InChI=1S/C14H25NO2SSi/c1-12-6-8-14(9-7-12)18(16,17)15-10-13(2)11-19(3,4)5/h6-9,13,15H,10-11H2,1-5H3. The van der Waals surface area contributed by atoms with Gasteiger partial charge >= 0.3 is 0 Å². The number of aryl methyl sites for hydroxylation is 1. The molecule has 1 N–H and O–H groups in total. The molecule has 0 aliphatic rings. The average Bonchev–Trinajstić information content (AvgIpc) is 2.25. The lowest BCUT2D eigenvalue weighted by Crippen LogP contribution is -2.32. The van der Waals surface area contributed by atoms with Crippen LogP contribution < -0.4 is 4.72 Å². The summed E-state index contributed by atoms with van der Waals surface area (Å²) in [5.41, 5.74) is 1.06. The van der Waals surface area contributed by atoms with Crippen molar-refractivity contribution in [3.05, 3.63) is 29.8 Å². The van der Waals surface area contributed by atoms with Crippen molar-refractivity contribution in [2.75, 3.05) is 6.54 Å². The van der Waals surface area contributed by atoms with Crippen LogP contribution in [-0.2, 0) is 10.0 Å². The van der Waals surface area contributed by atoms with E-state index in [2.05, 4.69) is 31.3 Å². The Morgan fingerprint density at radius 3 is 2.16 bits per heavy atom. The van der Waals surface area contributed by atoms with Crippen molar-refractivity contribution in [3.63, 3.8) is 0 Å². The first-order valence-corrected chi connectivity index (χ1v) is 11.9. The van der Waals surface area contributed by atoms with Gasteiger partial charge in [0.05, 0.1) is 4.90 Å². The third-order valence-corrected chi connectivity index (χ3v) is 6.28. The zero-order chi connectivity index (χ0) is 14.7. The Kier molecular flexibility index (Phi) is 5.35. The molecule has 108 valence electrons. The van der Waals surface area contributed by atoms with Crippen LogP contribution in [0.15, 0.2) is 29.2 Å². The quantitative estimate of drug-likeness (QED) is 0.820. The number of hydrogen-bond donors (Lipinski definition) is 1. The lowest BCUT2D eigenvalue weighted by Gasteiger charge is -2.21. The van der Waals surface area contributed by atoms with E-state index in [9.17, 15) is 8.42 Å². The van der Waals surface area contributed by atoms with Gasteiger partial charge in [-0.25, -0.2) is 13.1 Å². The minimum absolute atomic E-state index is 0.346. The van der Waals surface area contributed by atoms with Gasteiger partial charge in [-0.2, -0.15) is 0 Å². The van der Waals surface area contributed by atoms with E-state index in [0.717, 1.165) is 11.6 Å². The van der Waals surface area contributed by atoms with Gasteiger partial charge < -0.3 is 0 Å². The highest BCUT2D eigenvalue weighted by molar-refractivity contribution is 7.89. The first-order chi connectivity index (χ1) is 8.60. The number of nitrogens with one attached hydrogen (secondary N) is 1. The van der Waals surface area contributed by atoms with E-state index >= 15 is 0 Å². The van der Waals surface area contributed by atoms with Crippen LogP contribution in [0.2, 0.25) is 25.7 Å². The molecular formula is C14H25NO2SSi. The summed E-state index contributed by atoms with van der Waals surface area (Å²) < 4.78 is 26.9. The van der Waals surface area contributed by atoms with Crippen molar-refractivity contribution >= 4 is 18.1 Å². The summed E-state index contributed by atoms with van der Waals surface area (Å²) in [5.74, 6) is 0.381. The molecule has 0 aliphatic carbocycles. The molecule has 5 heteroatoms. The summed E-state index contributed by atoms with van der Waals surface area (Å²) in [4.78, 5) is 0.346. The molecule has 0 saturated carbocycles. The molecule has 19 heavy (non-hydrogen) atoms.